The van der Waals surface area contributed by atoms with Gasteiger partial charge in [-0.25, -0.2) is 12.7 Å². The van der Waals surface area contributed by atoms with Gasteiger partial charge in [0.05, 0.1) is 10.7 Å². The van der Waals surface area contributed by atoms with E-state index in [1.807, 2.05) is 0 Å². The summed E-state index contributed by atoms with van der Waals surface area (Å²) in [5.41, 5.74) is -0.222. The Balaban J connectivity index is 1.61. The van der Waals surface area contributed by atoms with Crippen molar-refractivity contribution in [2.75, 3.05) is 13.1 Å². The van der Waals surface area contributed by atoms with Crippen molar-refractivity contribution in [3.8, 4) is 0 Å². The highest BCUT2D eigenvalue weighted by molar-refractivity contribution is 7.90. The summed E-state index contributed by atoms with van der Waals surface area (Å²) in [6.07, 6.45) is 5.56. The van der Waals surface area contributed by atoms with E-state index in [2.05, 4.69) is 24.0 Å². The highest BCUT2D eigenvalue weighted by Gasteiger charge is 2.57. The molecule has 4 rings (SSSR count). The molecule has 7 heteroatoms. The summed E-state index contributed by atoms with van der Waals surface area (Å²) in [6.45, 7) is 5.42. The van der Waals surface area contributed by atoms with Crippen molar-refractivity contribution in [1.82, 2.24) is 14.4 Å². The third-order valence-electron chi connectivity index (χ3n) is 5.64. The first-order chi connectivity index (χ1) is 10.9. The zero-order chi connectivity index (χ0) is 16.2. The van der Waals surface area contributed by atoms with Crippen LogP contribution in [0.3, 0.4) is 0 Å². The predicted octanol–water partition coefficient (Wildman–Crippen LogP) is 2.11. The number of rotatable bonds is 5. The van der Waals surface area contributed by atoms with Crippen LogP contribution < -0.4 is 0 Å². The number of fused-ring (bicyclic) bond motifs is 1. The maximum Gasteiger partial charge on any atom is 0.226 e. The fourth-order valence-electron chi connectivity index (χ4n) is 4.27. The molecule has 1 saturated heterocycles. The number of nitrogens with zero attached hydrogens (tertiary/aromatic N) is 3. The largest absolute Gasteiger partial charge is 0.339 e. The molecule has 2 atom stereocenters. The minimum atomic E-state index is -3.12. The highest BCUT2D eigenvalue weighted by Crippen LogP contribution is 2.51. The molecule has 3 aliphatic rings. The average Bonchev–Trinajstić information content (AvgIpc) is 2.94. The molecule has 6 nitrogen and oxygen atoms in total. The van der Waals surface area contributed by atoms with E-state index in [1.54, 1.807) is 4.31 Å². The van der Waals surface area contributed by atoms with Gasteiger partial charge in [0.15, 0.2) is 5.82 Å². The number of aromatic nitrogens is 2. The maximum atomic E-state index is 12.6. The molecular weight excluding hydrogens is 314 g/mol. The zero-order valence-electron chi connectivity index (χ0n) is 13.9. The van der Waals surface area contributed by atoms with Gasteiger partial charge in [-0.2, -0.15) is 4.98 Å². The Kier molecular flexibility index (Phi) is 3.57. The maximum absolute atomic E-state index is 12.6. The van der Waals surface area contributed by atoms with Crippen molar-refractivity contribution in [2.45, 2.75) is 63.0 Å². The second-order valence-electron chi connectivity index (χ2n) is 7.89. The number of hydrogen-bond acceptors (Lipinski definition) is 5. The van der Waals surface area contributed by atoms with Crippen LogP contribution in [0.25, 0.3) is 0 Å². The molecule has 128 valence electrons. The zero-order valence-corrected chi connectivity index (χ0v) is 14.7. The van der Waals surface area contributed by atoms with Crippen molar-refractivity contribution in [2.24, 2.45) is 11.8 Å². The smallest absolute Gasteiger partial charge is 0.226 e. The standard InChI is InChI=1S/C16H25N3O3S/c1-11(2)8-14-17-15(18-22-14)16-7-3-4-12(16)9-19(10-16)23(20,21)13-5-6-13/h11-13H,3-10H2,1-2H3/t12-,16-/m1/s1. The molecule has 0 N–H and O–H groups in total. The van der Waals surface area contributed by atoms with Crippen LogP contribution >= 0.6 is 0 Å². The second-order valence-corrected chi connectivity index (χ2v) is 10.1. The molecular formula is C16H25N3O3S. The lowest BCUT2D eigenvalue weighted by molar-refractivity contribution is 0.324. The van der Waals surface area contributed by atoms with E-state index >= 15 is 0 Å². The predicted molar refractivity (Wildman–Crippen MR) is 85.4 cm³/mol. The van der Waals surface area contributed by atoms with Crippen LogP contribution in [0.15, 0.2) is 4.52 Å². The first-order valence-electron chi connectivity index (χ1n) is 8.74. The molecule has 2 heterocycles. The third-order valence-corrected chi connectivity index (χ3v) is 7.95. The van der Waals surface area contributed by atoms with Gasteiger partial charge in [0, 0.05) is 19.5 Å². The van der Waals surface area contributed by atoms with Gasteiger partial charge >= 0.3 is 0 Å². The summed E-state index contributed by atoms with van der Waals surface area (Å²) >= 11 is 0. The summed E-state index contributed by atoms with van der Waals surface area (Å²) in [6, 6.07) is 0. The van der Waals surface area contributed by atoms with Gasteiger partial charge in [0.2, 0.25) is 15.9 Å². The quantitative estimate of drug-likeness (QED) is 0.821. The monoisotopic (exact) mass is 339 g/mol. The van der Waals surface area contributed by atoms with Gasteiger partial charge in [0.25, 0.3) is 0 Å². The highest BCUT2D eigenvalue weighted by atomic mass is 32.2. The molecule has 0 spiro atoms. The summed E-state index contributed by atoms with van der Waals surface area (Å²) in [5, 5.41) is 4.12. The van der Waals surface area contributed by atoms with Crippen LogP contribution in [0.5, 0.6) is 0 Å². The lowest BCUT2D eigenvalue weighted by Gasteiger charge is -2.24. The van der Waals surface area contributed by atoms with Crippen LogP contribution in [0.1, 0.15) is 57.7 Å². The van der Waals surface area contributed by atoms with E-state index in [-0.39, 0.29) is 10.7 Å². The molecule has 2 aliphatic carbocycles. The van der Waals surface area contributed by atoms with Crippen molar-refractivity contribution >= 4 is 10.0 Å². The van der Waals surface area contributed by atoms with E-state index in [1.165, 1.54) is 0 Å². The second kappa shape index (κ2) is 5.28. The third kappa shape index (κ3) is 2.52. The van der Waals surface area contributed by atoms with Gasteiger partial charge in [-0.15, -0.1) is 0 Å². The number of sulfonamides is 1. The Bertz CT molecular complexity index is 695. The van der Waals surface area contributed by atoms with Crippen molar-refractivity contribution in [1.29, 1.82) is 0 Å². The Hall–Kier alpha value is -0.950. The van der Waals surface area contributed by atoms with Crippen LogP contribution in [0.2, 0.25) is 0 Å². The van der Waals surface area contributed by atoms with E-state index < -0.39 is 10.0 Å². The summed E-state index contributed by atoms with van der Waals surface area (Å²) in [4.78, 5) is 4.64. The molecule has 0 amide bonds. The summed E-state index contributed by atoms with van der Waals surface area (Å²) < 4.78 is 32.4. The molecule has 1 aromatic heterocycles. The van der Waals surface area contributed by atoms with Crippen molar-refractivity contribution in [3.05, 3.63) is 11.7 Å². The van der Waals surface area contributed by atoms with E-state index in [0.29, 0.717) is 30.8 Å². The van der Waals surface area contributed by atoms with Gasteiger partial charge in [-0.05, 0) is 37.5 Å². The van der Waals surface area contributed by atoms with E-state index in [9.17, 15) is 8.42 Å². The Morgan fingerprint density at radius 2 is 2.13 bits per heavy atom. The summed E-state index contributed by atoms with van der Waals surface area (Å²) in [7, 11) is -3.12. The molecule has 3 fully saturated rings. The van der Waals surface area contributed by atoms with Crippen LogP contribution in [0.4, 0.5) is 0 Å². The molecule has 0 aromatic carbocycles. The fourth-order valence-corrected chi connectivity index (χ4v) is 6.22. The molecule has 23 heavy (non-hydrogen) atoms. The Morgan fingerprint density at radius 3 is 2.83 bits per heavy atom. The average molecular weight is 339 g/mol. The van der Waals surface area contributed by atoms with Crippen LogP contribution in [-0.4, -0.2) is 41.2 Å². The first kappa shape index (κ1) is 15.6. The molecule has 2 saturated carbocycles. The van der Waals surface area contributed by atoms with Crippen molar-refractivity contribution < 1.29 is 12.9 Å². The molecule has 1 aromatic rings. The molecule has 1 aliphatic heterocycles. The van der Waals surface area contributed by atoms with E-state index in [0.717, 1.165) is 44.3 Å². The lowest BCUT2D eigenvalue weighted by atomic mass is 9.80. The van der Waals surface area contributed by atoms with Gasteiger partial charge in [-0.1, -0.05) is 25.4 Å². The topological polar surface area (TPSA) is 76.3 Å². The number of hydrogen-bond donors (Lipinski definition) is 0. The summed E-state index contributed by atoms with van der Waals surface area (Å²) in [5.74, 6) is 2.22. The fraction of sp³-hybridized carbons (Fsp3) is 0.875. The molecule has 0 radical (unpaired) electrons. The Labute approximate surface area is 137 Å². The van der Waals surface area contributed by atoms with E-state index in [4.69, 9.17) is 4.52 Å². The molecule has 0 unspecified atom stereocenters. The normalized spacial score (nSPS) is 31.9. The minimum absolute atomic E-state index is 0.139. The molecule has 0 bridgehead atoms. The van der Waals surface area contributed by atoms with Gasteiger partial charge in [0.1, 0.15) is 0 Å². The minimum Gasteiger partial charge on any atom is -0.339 e. The lowest BCUT2D eigenvalue weighted by Crippen LogP contribution is -2.36. The van der Waals surface area contributed by atoms with Gasteiger partial charge < -0.3 is 4.52 Å². The first-order valence-corrected chi connectivity index (χ1v) is 10.2. The van der Waals surface area contributed by atoms with Crippen LogP contribution in [-0.2, 0) is 21.9 Å². The van der Waals surface area contributed by atoms with Crippen LogP contribution in [0, 0.1) is 11.8 Å². The Morgan fingerprint density at radius 1 is 1.35 bits per heavy atom. The van der Waals surface area contributed by atoms with Crippen molar-refractivity contribution in [3.63, 3.8) is 0 Å². The SMILES string of the molecule is CC(C)Cc1nc([C@@]23CCC[C@@H]2CN(S(=O)(=O)C2CC2)C3)no1. The van der Waals surface area contributed by atoms with Gasteiger partial charge in [-0.3, -0.25) is 0 Å².